The SMILES string of the molecule is CN1CCN(c2ccc(CNC(=S)Nc3cccnc3)cc2)CC1. The molecule has 0 radical (unpaired) electrons. The second-order valence-corrected chi connectivity index (χ2v) is 6.41. The van der Waals surface area contributed by atoms with E-state index in [-0.39, 0.29) is 0 Å². The summed E-state index contributed by atoms with van der Waals surface area (Å²) < 4.78 is 0. The van der Waals surface area contributed by atoms with Crippen LogP contribution >= 0.6 is 12.2 Å². The van der Waals surface area contributed by atoms with Gasteiger partial charge in [-0.1, -0.05) is 12.1 Å². The summed E-state index contributed by atoms with van der Waals surface area (Å²) >= 11 is 5.31. The lowest BCUT2D eigenvalue weighted by Gasteiger charge is -2.34. The van der Waals surface area contributed by atoms with Crippen molar-refractivity contribution in [2.45, 2.75) is 6.54 Å². The Hall–Kier alpha value is -2.18. The summed E-state index contributed by atoms with van der Waals surface area (Å²) in [4.78, 5) is 8.86. The Morgan fingerprint density at radius 3 is 2.54 bits per heavy atom. The zero-order valence-electron chi connectivity index (χ0n) is 13.9. The third kappa shape index (κ3) is 4.66. The van der Waals surface area contributed by atoms with E-state index in [2.05, 4.69) is 56.7 Å². The van der Waals surface area contributed by atoms with Crippen LogP contribution in [0.3, 0.4) is 0 Å². The number of hydrogen-bond acceptors (Lipinski definition) is 4. The van der Waals surface area contributed by atoms with Crippen LogP contribution < -0.4 is 15.5 Å². The predicted molar refractivity (Wildman–Crippen MR) is 103 cm³/mol. The van der Waals surface area contributed by atoms with E-state index in [4.69, 9.17) is 12.2 Å². The Kier molecular flexibility index (Phi) is 5.61. The van der Waals surface area contributed by atoms with Crippen LogP contribution in [0.15, 0.2) is 48.8 Å². The van der Waals surface area contributed by atoms with E-state index < -0.39 is 0 Å². The third-order valence-electron chi connectivity index (χ3n) is 4.18. The summed E-state index contributed by atoms with van der Waals surface area (Å²) in [5.41, 5.74) is 3.39. The number of aromatic nitrogens is 1. The lowest BCUT2D eigenvalue weighted by Crippen LogP contribution is -2.44. The molecule has 2 heterocycles. The van der Waals surface area contributed by atoms with Gasteiger partial charge in [-0.05, 0) is 49.1 Å². The number of nitrogens with zero attached hydrogens (tertiary/aromatic N) is 3. The van der Waals surface area contributed by atoms with Crippen molar-refractivity contribution >= 4 is 28.7 Å². The average Bonchev–Trinajstić information content (AvgIpc) is 2.62. The number of thiocarbonyl (C=S) groups is 1. The molecule has 3 rings (SSSR count). The second-order valence-electron chi connectivity index (χ2n) is 6.01. The lowest BCUT2D eigenvalue weighted by molar-refractivity contribution is 0.313. The van der Waals surface area contributed by atoms with Crippen molar-refractivity contribution < 1.29 is 0 Å². The fourth-order valence-electron chi connectivity index (χ4n) is 2.68. The average molecular weight is 341 g/mol. The highest BCUT2D eigenvalue weighted by Crippen LogP contribution is 2.17. The molecule has 0 amide bonds. The molecule has 0 saturated carbocycles. The molecule has 1 aliphatic rings. The van der Waals surface area contributed by atoms with Crippen LogP contribution in [0, 0.1) is 0 Å². The number of pyridine rings is 1. The van der Waals surface area contributed by atoms with Gasteiger partial charge < -0.3 is 20.4 Å². The van der Waals surface area contributed by atoms with Gasteiger partial charge in [0.05, 0.1) is 11.9 Å². The van der Waals surface area contributed by atoms with Crippen molar-refractivity contribution in [3.8, 4) is 0 Å². The molecule has 0 atom stereocenters. The van der Waals surface area contributed by atoms with Gasteiger partial charge >= 0.3 is 0 Å². The highest BCUT2D eigenvalue weighted by molar-refractivity contribution is 7.80. The molecular weight excluding hydrogens is 318 g/mol. The minimum atomic E-state index is 0.603. The van der Waals surface area contributed by atoms with Gasteiger partial charge in [-0.25, -0.2) is 0 Å². The highest BCUT2D eigenvalue weighted by Gasteiger charge is 2.13. The number of likely N-dealkylation sites (N-methyl/N-ethyl adjacent to an activating group) is 1. The molecule has 1 aliphatic heterocycles. The molecule has 6 heteroatoms. The topological polar surface area (TPSA) is 43.4 Å². The molecule has 24 heavy (non-hydrogen) atoms. The monoisotopic (exact) mass is 341 g/mol. The quantitative estimate of drug-likeness (QED) is 0.832. The fraction of sp³-hybridized carbons (Fsp3) is 0.333. The molecule has 2 aromatic rings. The summed E-state index contributed by atoms with van der Waals surface area (Å²) in [7, 11) is 2.18. The van der Waals surface area contributed by atoms with E-state index >= 15 is 0 Å². The molecule has 1 saturated heterocycles. The highest BCUT2D eigenvalue weighted by atomic mass is 32.1. The predicted octanol–water partition coefficient (Wildman–Crippen LogP) is 2.32. The zero-order chi connectivity index (χ0) is 16.8. The Labute approximate surface area is 148 Å². The van der Waals surface area contributed by atoms with Gasteiger partial charge in [-0.3, -0.25) is 4.98 Å². The third-order valence-corrected chi connectivity index (χ3v) is 4.42. The number of rotatable bonds is 4. The second kappa shape index (κ2) is 8.08. The first kappa shape index (κ1) is 16.7. The van der Waals surface area contributed by atoms with Crippen molar-refractivity contribution in [1.82, 2.24) is 15.2 Å². The summed E-state index contributed by atoms with van der Waals surface area (Å²) in [6.45, 7) is 5.13. The molecule has 0 spiro atoms. The summed E-state index contributed by atoms with van der Waals surface area (Å²) in [6, 6.07) is 12.5. The number of nitrogens with one attached hydrogen (secondary N) is 2. The van der Waals surface area contributed by atoms with Gasteiger partial charge in [-0.15, -0.1) is 0 Å². The van der Waals surface area contributed by atoms with Gasteiger partial charge in [0.1, 0.15) is 0 Å². The van der Waals surface area contributed by atoms with Gasteiger partial charge in [0.25, 0.3) is 0 Å². The molecule has 1 aromatic carbocycles. The van der Waals surface area contributed by atoms with Crippen molar-refractivity contribution in [2.75, 3.05) is 43.4 Å². The molecule has 5 nitrogen and oxygen atoms in total. The summed E-state index contributed by atoms with van der Waals surface area (Å²) in [6.07, 6.45) is 3.49. The van der Waals surface area contributed by atoms with E-state index in [0.29, 0.717) is 11.7 Å². The number of hydrogen-bond donors (Lipinski definition) is 2. The van der Waals surface area contributed by atoms with Crippen LogP contribution in [-0.4, -0.2) is 48.2 Å². The largest absolute Gasteiger partial charge is 0.369 e. The van der Waals surface area contributed by atoms with Crippen molar-refractivity contribution in [1.29, 1.82) is 0 Å². The van der Waals surface area contributed by atoms with E-state index in [1.54, 1.807) is 12.4 Å². The molecule has 1 aromatic heterocycles. The normalized spacial score (nSPS) is 15.1. The molecule has 126 valence electrons. The van der Waals surface area contributed by atoms with E-state index in [1.807, 2.05) is 12.1 Å². The van der Waals surface area contributed by atoms with Crippen LogP contribution in [-0.2, 0) is 6.54 Å². The number of anilines is 2. The zero-order valence-corrected chi connectivity index (χ0v) is 14.7. The first-order valence-corrected chi connectivity index (χ1v) is 8.59. The fourth-order valence-corrected chi connectivity index (χ4v) is 2.87. The molecular formula is C18H23N5S. The van der Waals surface area contributed by atoms with E-state index in [9.17, 15) is 0 Å². The first-order valence-electron chi connectivity index (χ1n) is 8.18. The van der Waals surface area contributed by atoms with Crippen LogP contribution in [0.1, 0.15) is 5.56 Å². The minimum absolute atomic E-state index is 0.603. The van der Waals surface area contributed by atoms with Crippen molar-refractivity contribution in [3.05, 3.63) is 54.4 Å². The molecule has 0 bridgehead atoms. The molecule has 0 unspecified atom stereocenters. The smallest absolute Gasteiger partial charge is 0.171 e. The molecule has 2 N–H and O–H groups in total. The number of piperazine rings is 1. The Balaban J connectivity index is 1.48. The summed E-state index contributed by atoms with van der Waals surface area (Å²) in [5.74, 6) is 0. The van der Waals surface area contributed by atoms with Gasteiger partial charge in [0, 0.05) is 44.6 Å². The van der Waals surface area contributed by atoms with Gasteiger partial charge in [0.15, 0.2) is 5.11 Å². The minimum Gasteiger partial charge on any atom is -0.369 e. The Bertz CT molecular complexity index is 651. The Morgan fingerprint density at radius 1 is 1.12 bits per heavy atom. The molecule has 1 fully saturated rings. The van der Waals surface area contributed by atoms with Crippen molar-refractivity contribution in [3.63, 3.8) is 0 Å². The summed E-state index contributed by atoms with van der Waals surface area (Å²) in [5, 5.41) is 6.95. The molecule has 0 aliphatic carbocycles. The van der Waals surface area contributed by atoms with Crippen molar-refractivity contribution in [2.24, 2.45) is 0 Å². The number of benzene rings is 1. The van der Waals surface area contributed by atoms with Gasteiger partial charge in [-0.2, -0.15) is 0 Å². The Morgan fingerprint density at radius 2 is 1.88 bits per heavy atom. The first-order chi connectivity index (χ1) is 11.7. The van der Waals surface area contributed by atoms with E-state index in [1.165, 1.54) is 11.3 Å². The van der Waals surface area contributed by atoms with Crippen LogP contribution in [0.4, 0.5) is 11.4 Å². The van der Waals surface area contributed by atoms with Crippen LogP contribution in [0.5, 0.6) is 0 Å². The maximum Gasteiger partial charge on any atom is 0.171 e. The standard InChI is InChI=1S/C18H23N5S/c1-22-9-11-23(12-10-22)17-6-4-15(5-7-17)13-20-18(24)21-16-3-2-8-19-14-16/h2-8,14H,9-13H2,1H3,(H2,20,21,24). The van der Waals surface area contributed by atoms with E-state index in [0.717, 1.165) is 31.9 Å². The lowest BCUT2D eigenvalue weighted by atomic mass is 10.2. The van der Waals surface area contributed by atoms with Gasteiger partial charge in [0.2, 0.25) is 0 Å². The van der Waals surface area contributed by atoms with Crippen LogP contribution in [0.25, 0.3) is 0 Å². The maximum absolute atomic E-state index is 5.31. The van der Waals surface area contributed by atoms with Crippen LogP contribution in [0.2, 0.25) is 0 Å². The maximum atomic E-state index is 5.31.